The van der Waals surface area contributed by atoms with Crippen LogP contribution in [-0.4, -0.2) is 20.2 Å². The summed E-state index contributed by atoms with van der Waals surface area (Å²) in [5, 5.41) is 0. The van der Waals surface area contributed by atoms with Gasteiger partial charge in [-0.05, 0) is 43.7 Å². The van der Waals surface area contributed by atoms with E-state index in [2.05, 4.69) is 56.4 Å². The van der Waals surface area contributed by atoms with Gasteiger partial charge in [-0.15, -0.1) is 0 Å². The number of benzene rings is 1. The Morgan fingerprint density at radius 1 is 1.13 bits per heavy atom. The summed E-state index contributed by atoms with van der Waals surface area (Å²) in [4.78, 5) is 13.8. The molecule has 0 saturated heterocycles. The number of pyridine rings is 1. The zero-order valence-corrected chi connectivity index (χ0v) is 14.5. The molecular weight excluding hydrogens is 352 g/mol. The summed E-state index contributed by atoms with van der Waals surface area (Å²) in [6.45, 7) is 4.72. The van der Waals surface area contributed by atoms with E-state index in [0.717, 1.165) is 38.6 Å². The fraction of sp³-hybridized carbons (Fsp3) is 0.167. The molecule has 2 aromatic heterocycles. The molecule has 0 atom stereocenters. The Balaban J connectivity index is 2.04. The van der Waals surface area contributed by atoms with Crippen molar-refractivity contribution < 1.29 is 0 Å². The van der Waals surface area contributed by atoms with E-state index in [-0.39, 0.29) is 0 Å². The third-order valence-electron chi connectivity index (χ3n) is 4.07. The van der Waals surface area contributed by atoms with Crippen molar-refractivity contribution in [3.8, 4) is 5.69 Å². The predicted molar refractivity (Wildman–Crippen MR) is 94.3 cm³/mol. The third kappa shape index (κ3) is 2.32. The predicted octanol–water partition coefficient (Wildman–Crippen LogP) is 4.00. The van der Waals surface area contributed by atoms with Gasteiger partial charge in [0.25, 0.3) is 0 Å². The Labute approximate surface area is 143 Å². The molecule has 3 heterocycles. The number of aromatic nitrogens is 3. The summed E-state index contributed by atoms with van der Waals surface area (Å²) in [5.74, 6) is 0.955. The molecule has 1 aliphatic rings. The molecule has 114 valence electrons. The normalized spacial score (nSPS) is 13.1. The summed E-state index contributed by atoms with van der Waals surface area (Å²) >= 11 is 3.65. The van der Waals surface area contributed by atoms with Gasteiger partial charge in [0.05, 0.1) is 23.6 Å². The van der Waals surface area contributed by atoms with Gasteiger partial charge < -0.3 is 0 Å². The van der Waals surface area contributed by atoms with Crippen LogP contribution in [0.3, 0.4) is 0 Å². The van der Waals surface area contributed by atoms with Crippen LogP contribution in [0.5, 0.6) is 0 Å². The van der Waals surface area contributed by atoms with Crippen molar-refractivity contribution in [3.05, 3.63) is 75.5 Å². The Bertz CT molecular complexity index is 926. The average Bonchev–Trinajstić information content (AvgIpc) is 2.84. The highest BCUT2D eigenvalue weighted by atomic mass is 79.9. The number of imidazole rings is 1. The third-order valence-corrected chi connectivity index (χ3v) is 4.92. The van der Waals surface area contributed by atoms with Crippen LogP contribution in [0.2, 0.25) is 0 Å². The van der Waals surface area contributed by atoms with E-state index in [1.54, 1.807) is 6.20 Å². The van der Waals surface area contributed by atoms with Crippen LogP contribution in [0.1, 0.15) is 28.3 Å². The van der Waals surface area contributed by atoms with Crippen LogP contribution in [0.15, 0.2) is 52.2 Å². The van der Waals surface area contributed by atoms with E-state index in [1.165, 1.54) is 5.56 Å². The Morgan fingerprint density at radius 3 is 2.78 bits per heavy atom. The first-order valence-electron chi connectivity index (χ1n) is 7.45. The number of hydrogen-bond acceptors (Lipinski definition) is 3. The van der Waals surface area contributed by atoms with Crippen LogP contribution in [0.25, 0.3) is 5.69 Å². The lowest BCUT2D eigenvalue weighted by Gasteiger charge is -2.15. The van der Waals surface area contributed by atoms with E-state index in [0.29, 0.717) is 6.54 Å². The van der Waals surface area contributed by atoms with Crippen molar-refractivity contribution in [3.63, 3.8) is 0 Å². The van der Waals surface area contributed by atoms with Crippen LogP contribution < -0.4 is 0 Å². The molecule has 1 aromatic carbocycles. The van der Waals surface area contributed by atoms with Gasteiger partial charge in [-0.2, -0.15) is 0 Å². The number of halogens is 1. The molecule has 0 saturated carbocycles. The van der Waals surface area contributed by atoms with Crippen molar-refractivity contribution in [2.24, 2.45) is 4.99 Å². The van der Waals surface area contributed by atoms with Gasteiger partial charge in [0.2, 0.25) is 0 Å². The zero-order chi connectivity index (χ0) is 16.0. The summed E-state index contributed by atoms with van der Waals surface area (Å²) in [6, 6.07) is 10.2. The quantitative estimate of drug-likeness (QED) is 0.653. The highest BCUT2D eigenvalue weighted by Gasteiger charge is 2.22. The lowest BCUT2D eigenvalue weighted by Crippen LogP contribution is -2.10. The van der Waals surface area contributed by atoms with E-state index in [1.807, 2.05) is 24.4 Å². The summed E-state index contributed by atoms with van der Waals surface area (Å²) in [6.07, 6.45) is 3.70. The Morgan fingerprint density at radius 2 is 2.00 bits per heavy atom. The van der Waals surface area contributed by atoms with Gasteiger partial charge in [0, 0.05) is 28.1 Å². The van der Waals surface area contributed by atoms with E-state index in [9.17, 15) is 0 Å². The molecule has 4 nitrogen and oxygen atoms in total. The summed E-state index contributed by atoms with van der Waals surface area (Å²) in [5.41, 5.74) is 6.27. The molecule has 0 spiro atoms. The van der Waals surface area contributed by atoms with Gasteiger partial charge >= 0.3 is 0 Å². The van der Waals surface area contributed by atoms with Gasteiger partial charge in [-0.25, -0.2) is 4.98 Å². The molecule has 0 aliphatic carbocycles. The van der Waals surface area contributed by atoms with Crippen molar-refractivity contribution in [1.82, 2.24) is 14.5 Å². The minimum absolute atomic E-state index is 0.547. The highest BCUT2D eigenvalue weighted by molar-refractivity contribution is 9.10. The van der Waals surface area contributed by atoms with Crippen LogP contribution in [0.4, 0.5) is 0 Å². The fourth-order valence-corrected chi connectivity index (χ4v) is 3.27. The number of hydrogen-bond donors (Lipinski definition) is 0. The first-order valence-corrected chi connectivity index (χ1v) is 8.24. The molecule has 1 aliphatic heterocycles. The molecule has 3 aromatic rings. The van der Waals surface area contributed by atoms with Crippen LogP contribution in [-0.2, 0) is 6.54 Å². The first-order chi connectivity index (χ1) is 11.1. The maximum atomic E-state index is 4.81. The summed E-state index contributed by atoms with van der Waals surface area (Å²) in [7, 11) is 0. The maximum absolute atomic E-state index is 4.81. The van der Waals surface area contributed by atoms with Crippen molar-refractivity contribution >= 4 is 21.6 Å². The number of fused-ring (bicyclic) bond motifs is 3. The summed E-state index contributed by atoms with van der Waals surface area (Å²) < 4.78 is 3.26. The second-order valence-electron chi connectivity index (χ2n) is 5.65. The smallest absolute Gasteiger partial charge is 0.135 e. The number of aliphatic imine (C=N–C) groups is 1. The second-order valence-corrected chi connectivity index (χ2v) is 6.50. The molecular formula is C18H15BrN4. The topological polar surface area (TPSA) is 43.1 Å². The van der Waals surface area contributed by atoms with Gasteiger partial charge in [0.15, 0.2) is 0 Å². The van der Waals surface area contributed by atoms with Crippen LogP contribution >= 0.6 is 15.9 Å². The molecule has 0 N–H and O–H groups in total. The zero-order valence-electron chi connectivity index (χ0n) is 12.9. The molecule has 23 heavy (non-hydrogen) atoms. The minimum Gasteiger partial charge on any atom is -0.299 e. The largest absolute Gasteiger partial charge is 0.299 e. The lowest BCUT2D eigenvalue weighted by atomic mass is 10.0. The SMILES string of the molecule is Cc1cc2c(cc1Br)C(c1ccccn1)=NCc1ncc(C)n1-2. The monoisotopic (exact) mass is 366 g/mol. The van der Waals surface area contributed by atoms with E-state index >= 15 is 0 Å². The minimum atomic E-state index is 0.547. The maximum Gasteiger partial charge on any atom is 0.135 e. The number of rotatable bonds is 1. The number of aryl methyl sites for hydroxylation is 2. The highest BCUT2D eigenvalue weighted by Crippen LogP contribution is 2.30. The van der Waals surface area contributed by atoms with Crippen molar-refractivity contribution in [1.29, 1.82) is 0 Å². The molecule has 0 bridgehead atoms. The molecule has 5 heteroatoms. The van der Waals surface area contributed by atoms with E-state index < -0.39 is 0 Å². The second kappa shape index (κ2) is 5.42. The molecule has 0 radical (unpaired) electrons. The van der Waals surface area contributed by atoms with Gasteiger partial charge in [-0.1, -0.05) is 22.0 Å². The van der Waals surface area contributed by atoms with Gasteiger partial charge in [-0.3, -0.25) is 14.5 Å². The molecule has 0 unspecified atom stereocenters. The molecule has 0 amide bonds. The average molecular weight is 367 g/mol. The van der Waals surface area contributed by atoms with Crippen molar-refractivity contribution in [2.45, 2.75) is 20.4 Å². The van der Waals surface area contributed by atoms with E-state index in [4.69, 9.17) is 4.99 Å². The standard InChI is InChI=1S/C18H15BrN4/c1-11-7-16-13(8-14(11)19)18(15-5-3-4-6-20-15)22-10-17-21-9-12(2)23(16)17/h3-9H,10H2,1-2H3. The van der Waals surface area contributed by atoms with Crippen LogP contribution in [0, 0.1) is 13.8 Å². The number of nitrogens with zero attached hydrogens (tertiary/aromatic N) is 4. The molecule has 0 fully saturated rings. The first kappa shape index (κ1) is 14.3. The Hall–Kier alpha value is -2.27. The van der Waals surface area contributed by atoms with Crippen molar-refractivity contribution in [2.75, 3.05) is 0 Å². The van der Waals surface area contributed by atoms with Gasteiger partial charge in [0.1, 0.15) is 5.82 Å². The molecule has 4 rings (SSSR count). The fourth-order valence-electron chi connectivity index (χ4n) is 2.93. The Kier molecular flexibility index (Phi) is 3.38. The lowest BCUT2D eigenvalue weighted by molar-refractivity contribution is 0.862.